The molecule has 0 unspecified atom stereocenters. The molecule has 9 aromatic rings. The predicted octanol–water partition coefficient (Wildman–Crippen LogP) is 19.2. The van der Waals surface area contributed by atoms with Crippen LogP contribution in [0.5, 0.6) is 0 Å². The molecule has 0 spiro atoms. The van der Waals surface area contributed by atoms with E-state index in [-0.39, 0.29) is 27.1 Å². The maximum atomic E-state index is 2.67. The summed E-state index contributed by atoms with van der Waals surface area (Å²) in [4.78, 5) is 9.06. The minimum Gasteiger partial charge on any atom is -0.311 e. The van der Waals surface area contributed by atoms with Crippen LogP contribution in [0.1, 0.15) is 136 Å². The molecule has 5 heteroatoms. The van der Waals surface area contributed by atoms with Gasteiger partial charge < -0.3 is 14.7 Å². The van der Waals surface area contributed by atoms with Gasteiger partial charge >= 0.3 is 0 Å². The number of fused-ring (bicyclic) bond motifs is 4. The van der Waals surface area contributed by atoms with E-state index >= 15 is 0 Å². The Kier molecular flexibility index (Phi) is 12.6. The lowest BCUT2D eigenvalue weighted by atomic mass is 9.58. The molecule has 0 atom stereocenters. The van der Waals surface area contributed by atoms with Gasteiger partial charge in [-0.15, -0.1) is 11.3 Å². The summed E-state index contributed by atoms with van der Waals surface area (Å²) in [5.74, 6) is 0. The van der Waals surface area contributed by atoms with E-state index in [0.29, 0.717) is 0 Å². The second kappa shape index (κ2) is 18.7. The number of benzene rings is 8. The van der Waals surface area contributed by atoms with Crippen LogP contribution in [-0.4, -0.2) is 7.28 Å². The van der Waals surface area contributed by atoms with Crippen molar-refractivity contribution in [2.45, 2.75) is 137 Å². The molecular formula is C71H76BN3S. The van der Waals surface area contributed by atoms with Gasteiger partial charge in [0.2, 0.25) is 7.28 Å². The Morgan fingerprint density at radius 3 is 1.54 bits per heavy atom. The molecule has 3 nitrogen and oxygen atoms in total. The second-order valence-corrected chi connectivity index (χ2v) is 27.5. The van der Waals surface area contributed by atoms with Crippen LogP contribution in [0.2, 0.25) is 0 Å². The predicted molar refractivity (Wildman–Crippen MR) is 334 cm³/mol. The lowest BCUT2D eigenvalue weighted by molar-refractivity contribution is 0.332. The zero-order valence-electron chi connectivity index (χ0n) is 47.6. The van der Waals surface area contributed by atoms with Crippen LogP contribution in [0.25, 0.3) is 21.2 Å². The highest BCUT2D eigenvalue weighted by atomic mass is 32.1. The van der Waals surface area contributed by atoms with Crippen molar-refractivity contribution < 1.29 is 0 Å². The van der Waals surface area contributed by atoms with Gasteiger partial charge in [0.15, 0.2) is 0 Å². The molecule has 1 aliphatic carbocycles. The van der Waals surface area contributed by atoms with Gasteiger partial charge in [-0.25, -0.2) is 0 Å². The number of hydrogen-bond acceptors (Lipinski definition) is 4. The van der Waals surface area contributed by atoms with Gasteiger partial charge in [-0.2, -0.15) is 0 Å². The van der Waals surface area contributed by atoms with Crippen LogP contribution in [0.15, 0.2) is 176 Å². The Morgan fingerprint density at radius 1 is 0.474 bits per heavy atom. The third kappa shape index (κ3) is 9.27. The molecule has 0 fully saturated rings. The largest absolute Gasteiger partial charge is 0.311 e. The molecule has 0 amide bonds. The molecule has 8 aromatic carbocycles. The van der Waals surface area contributed by atoms with Crippen molar-refractivity contribution in [2.75, 3.05) is 14.7 Å². The van der Waals surface area contributed by atoms with Crippen molar-refractivity contribution in [1.29, 1.82) is 0 Å². The van der Waals surface area contributed by atoms with Crippen molar-refractivity contribution in [1.82, 2.24) is 0 Å². The van der Waals surface area contributed by atoms with Crippen molar-refractivity contribution in [3.8, 4) is 11.1 Å². The average Bonchev–Trinajstić information content (AvgIpc) is 3.78. The van der Waals surface area contributed by atoms with Gasteiger partial charge in [-0.3, -0.25) is 0 Å². The topological polar surface area (TPSA) is 9.72 Å². The first kappa shape index (κ1) is 51.3. The smallest absolute Gasteiger partial charge is 0.200 e. The minimum absolute atomic E-state index is 0.00920. The van der Waals surface area contributed by atoms with Crippen LogP contribution >= 0.6 is 11.3 Å². The zero-order valence-corrected chi connectivity index (χ0v) is 48.4. The van der Waals surface area contributed by atoms with E-state index in [2.05, 4.69) is 288 Å². The van der Waals surface area contributed by atoms with E-state index in [9.17, 15) is 0 Å². The summed E-state index contributed by atoms with van der Waals surface area (Å²) in [5.41, 5.74) is 22.4. The van der Waals surface area contributed by atoms with Crippen LogP contribution in [0, 0.1) is 6.92 Å². The fourth-order valence-corrected chi connectivity index (χ4v) is 13.1. The summed E-state index contributed by atoms with van der Waals surface area (Å²) < 4.78 is 1.35. The molecular weight excluding hydrogens is 938 g/mol. The first-order valence-electron chi connectivity index (χ1n) is 27.7. The average molecular weight is 1010 g/mol. The van der Waals surface area contributed by atoms with Crippen LogP contribution < -0.4 is 25.6 Å². The fourth-order valence-electron chi connectivity index (χ4n) is 12.0. The highest BCUT2D eigenvalue weighted by Crippen LogP contribution is 2.54. The van der Waals surface area contributed by atoms with Crippen molar-refractivity contribution in [2.24, 2.45) is 0 Å². The van der Waals surface area contributed by atoms with E-state index in [4.69, 9.17) is 0 Å². The van der Waals surface area contributed by atoms with Crippen molar-refractivity contribution in [3.05, 3.63) is 209 Å². The third-order valence-electron chi connectivity index (χ3n) is 16.7. The zero-order chi connectivity index (χ0) is 53.7. The van der Waals surface area contributed by atoms with Gasteiger partial charge in [0, 0.05) is 54.7 Å². The summed E-state index contributed by atoms with van der Waals surface area (Å²) in [6, 6.07) is 67.2. The number of rotatable bonds is 8. The molecule has 0 N–H and O–H groups in total. The van der Waals surface area contributed by atoms with Gasteiger partial charge in [-0.1, -0.05) is 193 Å². The monoisotopic (exact) mass is 1010 g/mol. The van der Waals surface area contributed by atoms with E-state index in [1.54, 1.807) is 0 Å². The molecule has 2 heterocycles. The number of anilines is 9. The molecule has 2 aliphatic rings. The Morgan fingerprint density at radius 2 is 0.974 bits per heavy atom. The summed E-state index contributed by atoms with van der Waals surface area (Å²) in [6.07, 6.45) is 2.34. The Hall–Kier alpha value is -6.82. The van der Waals surface area contributed by atoms with Gasteiger partial charge in [0.1, 0.15) is 0 Å². The maximum absolute atomic E-state index is 2.67. The van der Waals surface area contributed by atoms with Crippen molar-refractivity contribution >= 4 is 90.8 Å². The molecule has 76 heavy (non-hydrogen) atoms. The molecule has 0 radical (unpaired) electrons. The fraction of sp³-hybridized carbons (Fsp3) is 0.296. The molecule has 0 saturated carbocycles. The lowest BCUT2D eigenvalue weighted by Crippen LogP contribution is -2.43. The molecule has 0 saturated heterocycles. The summed E-state index contributed by atoms with van der Waals surface area (Å²) in [5, 5.41) is 1.32. The second-order valence-electron chi connectivity index (χ2n) is 26.2. The highest BCUT2D eigenvalue weighted by Gasteiger charge is 2.39. The van der Waals surface area contributed by atoms with Crippen LogP contribution in [0.3, 0.4) is 0 Å². The third-order valence-corrected chi connectivity index (χ3v) is 17.8. The van der Waals surface area contributed by atoms with Crippen LogP contribution in [0.4, 0.5) is 51.2 Å². The summed E-state index contributed by atoms with van der Waals surface area (Å²) >= 11 is 1.95. The lowest BCUT2D eigenvalue weighted by Gasteiger charge is -2.42. The quantitative estimate of drug-likeness (QED) is 0.140. The van der Waals surface area contributed by atoms with E-state index in [1.165, 1.54) is 94.0 Å². The maximum Gasteiger partial charge on any atom is 0.200 e. The van der Waals surface area contributed by atoms with Gasteiger partial charge in [-0.05, 0) is 165 Å². The molecule has 1 aromatic heterocycles. The Bertz CT molecular complexity index is 3580. The molecule has 0 bridgehead atoms. The number of nitrogens with zero attached hydrogens (tertiary/aromatic N) is 3. The van der Waals surface area contributed by atoms with Gasteiger partial charge in [0.25, 0.3) is 0 Å². The number of aryl methyl sites for hydroxylation is 1. The Balaban J connectivity index is 1.30. The summed E-state index contributed by atoms with van der Waals surface area (Å²) in [7, 11) is 0.756. The Labute approximate surface area is 459 Å². The molecule has 384 valence electrons. The number of thiophene rings is 1. The van der Waals surface area contributed by atoms with E-state index < -0.39 is 0 Å². The number of para-hydroxylation sites is 2. The molecule has 11 rings (SSSR count). The van der Waals surface area contributed by atoms with E-state index in [1.807, 2.05) is 11.3 Å². The summed E-state index contributed by atoms with van der Waals surface area (Å²) in [6.45, 7) is 33.2. The molecule has 1 aliphatic heterocycles. The first-order chi connectivity index (χ1) is 36.0. The normalized spacial score (nSPS) is 14.9. The van der Waals surface area contributed by atoms with Crippen LogP contribution in [-0.2, 0) is 27.1 Å². The number of hydrogen-bond donors (Lipinski definition) is 0. The minimum atomic E-state index is -0.0536. The van der Waals surface area contributed by atoms with E-state index in [0.717, 1.165) is 42.1 Å². The van der Waals surface area contributed by atoms with Crippen molar-refractivity contribution in [3.63, 3.8) is 0 Å². The first-order valence-corrected chi connectivity index (χ1v) is 28.5. The van der Waals surface area contributed by atoms with Gasteiger partial charge in [0.05, 0.1) is 17.1 Å². The SMILES string of the molecule is Cc1sc2cc3c(cc2c1N(c1ccc(C(C)(C)C)cc1)c1cc(N(c2ccccc2)c2ccccc2)cc2c1Bc1cc(C(C)(C)C)ccc1N2c1ccc(C(C)(C)C)cc1-c1ccccc1)C(C)(C)CCC3(C)C. The highest BCUT2D eigenvalue weighted by molar-refractivity contribution is 7.19. The standard InChI is InChI=1S/C71H76BN3S/c1-46-66(56-44-57-58(45-64(56)76-46)71(13,14)39-38-70(57,11)12)74(53-34-30-48(31-35-53)67(2,3)4)62-42-54(73(51-26-20-16-21-27-51)52-28-22-17-23-29-52)43-63-65(62)72-59-41-50(69(8,9)10)33-37-61(59)75(63)60-36-32-49(68(5,6)7)40-55(60)47-24-18-15-19-25-47/h15-37,40-45,72H,38-39H2,1-14H3.